The van der Waals surface area contributed by atoms with Gasteiger partial charge in [0.2, 0.25) is 0 Å². The zero-order chi connectivity index (χ0) is 20.8. The van der Waals surface area contributed by atoms with Gasteiger partial charge in [-0.15, -0.1) is 10.2 Å². The number of piperidine rings is 1. The molecule has 0 N–H and O–H groups in total. The van der Waals surface area contributed by atoms with E-state index in [4.69, 9.17) is 0 Å². The molecular formula is C20H26N6O3. The van der Waals surface area contributed by atoms with Crippen LogP contribution in [0.5, 0.6) is 0 Å². The van der Waals surface area contributed by atoms with Gasteiger partial charge in [0.1, 0.15) is 11.9 Å². The number of likely N-dealkylation sites (tertiary alicyclic amines) is 1. The summed E-state index contributed by atoms with van der Waals surface area (Å²) < 4.78 is 1.71. The summed E-state index contributed by atoms with van der Waals surface area (Å²) in [5.41, 5.74) is 0.169. The lowest BCUT2D eigenvalue weighted by Crippen LogP contribution is -2.58. The standard InChI is InChI=1S/C20H26N6O3/c1-4-25-18(28)20(26(19(25)29)12-14(2)3)7-10-23(11-8-20)17(27)15-6-5-9-24-13-21-22-16(15)24/h5-6,9,13-14H,4,7-8,10-12H2,1-3H3. The predicted octanol–water partition coefficient (Wildman–Crippen LogP) is 1.64. The van der Waals surface area contributed by atoms with Crippen LogP contribution in [0, 0.1) is 5.92 Å². The Hall–Kier alpha value is -2.97. The first-order valence-electron chi connectivity index (χ1n) is 10.1. The van der Waals surface area contributed by atoms with Gasteiger partial charge in [-0.3, -0.25) is 18.9 Å². The number of nitrogens with zero attached hydrogens (tertiary/aromatic N) is 6. The van der Waals surface area contributed by atoms with Crippen LogP contribution in [0.25, 0.3) is 5.65 Å². The second-order valence-corrected chi connectivity index (χ2v) is 8.14. The maximum absolute atomic E-state index is 13.1. The van der Waals surface area contributed by atoms with Crippen LogP contribution in [-0.4, -0.2) is 78.9 Å². The number of urea groups is 1. The molecule has 9 heteroatoms. The van der Waals surface area contributed by atoms with Gasteiger partial charge in [-0.2, -0.15) is 0 Å². The van der Waals surface area contributed by atoms with Gasteiger partial charge in [-0.25, -0.2) is 4.79 Å². The molecule has 2 fully saturated rings. The molecule has 2 saturated heterocycles. The van der Waals surface area contributed by atoms with Crippen LogP contribution in [0.4, 0.5) is 4.79 Å². The van der Waals surface area contributed by atoms with Gasteiger partial charge in [0.15, 0.2) is 5.65 Å². The van der Waals surface area contributed by atoms with Crippen LogP contribution in [0.3, 0.4) is 0 Å². The minimum atomic E-state index is -0.838. The summed E-state index contributed by atoms with van der Waals surface area (Å²) in [4.78, 5) is 43.9. The Morgan fingerprint density at radius 2 is 1.97 bits per heavy atom. The average Bonchev–Trinajstić information content (AvgIpc) is 3.26. The van der Waals surface area contributed by atoms with Gasteiger partial charge in [0.05, 0.1) is 5.56 Å². The van der Waals surface area contributed by atoms with E-state index >= 15 is 0 Å². The van der Waals surface area contributed by atoms with Gasteiger partial charge in [-0.1, -0.05) is 13.8 Å². The van der Waals surface area contributed by atoms with Gasteiger partial charge in [0, 0.05) is 32.4 Å². The van der Waals surface area contributed by atoms with Gasteiger partial charge < -0.3 is 9.80 Å². The quantitative estimate of drug-likeness (QED) is 0.731. The predicted molar refractivity (Wildman–Crippen MR) is 105 cm³/mol. The third kappa shape index (κ3) is 2.95. The van der Waals surface area contributed by atoms with Crippen LogP contribution in [-0.2, 0) is 4.79 Å². The highest BCUT2D eigenvalue weighted by Crippen LogP contribution is 2.38. The van der Waals surface area contributed by atoms with E-state index in [0.717, 1.165) is 0 Å². The maximum atomic E-state index is 13.1. The zero-order valence-corrected chi connectivity index (χ0v) is 17.0. The molecule has 0 atom stereocenters. The molecule has 0 unspecified atom stereocenters. The third-order valence-electron chi connectivity index (χ3n) is 5.92. The topological polar surface area (TPSA) is 91.1 Å². The number of hydrogen-bond acceptors (Lipinski definition) is 5. The van der Waals surface area contributed by atoms with Crippen molar-refractivity contribution in [3.05, 3.63) is 30.2 Å². The van der Waals surface area contributed by atoms with Crippen molar-refractivity contribution in [3.63, 3.8) is 0 Å². The van der Waals surface area contributed by atoms with E-state index in [1.54, 1.807) is 38.9 Å². The largest absolute Gasteiger partial charge is 0.338 e. The van der Waals surface area contributed by atoms with Crippen molar-refractivity contribution in [1.29, 1.82) is 0 Å². The molecule has 2 aromatic rings. The molecule has 0 aromatic carbocycles. The van der Waals surface area contributed by atoms with Crippen LogP contribution >= 0.6 is 0 Å². The highest BCUT2D eigenvalue weighted by molar-refractivity contribution is 6.07. The van der Waals surface area contributed by atoms with E-state index in [1.165, 1.54) is 4.90 Å². The molecule has 4 rings (SSSR count). The first kappa shape index (κ1) is 19.4. The van der Waals surface area contributed by atoms with Crippen LogP contribution in [0.15, 0.2) is 24.7 Å². The SMILES string of the molecule is CCN1C(=O)N(CC(C)C)C2(CCN(C(=O)c3cccn4cnnc34)CC2)C1=O. The minimum Gasteiger partial charge on any atom is -0.338 e. The van der Waals surface area contributed by atoms with Crippen molar-refractivity contribution in [1.82, 2.24) is 29.3 Å². The normalized spacial score (nSPS) is 19.2. The van der Waals surface area contributed by atoms with Crippen LogP contribution in [0.1, 0.15) is 44.0 Å². The molecule has 2 aliphatic rings. The number of fused-ring (bicyclic) bond motifs is 1. The summed E-state index contributed by atoms with van der Waals surface area (Å²) in [6, 6.07) is 3.32. The van der Waals surface area contributed by atoms with Crippen molar-refractivity contribution in [2.75, 3.05) is 26.2 Å². The lowest BCUT2D eigenvalue weighted by molar-refractivity contribution is -0.135. The van der Waals surface area contributed by atoms with Crippen molar-refractivity contribution >= 4 is 23.5 Å². The monoisotopic (exact) mass is 398 g/mol. The molecular weight excluding hydrogens is 372 g/mol. The number of hydrogen-bond donors (Lipinski definition) is 0. The minimum absolute atomic E-state index is 0.127. The number of rotatable bonds is 4. The Balaban J connectivity index is 1.57. The van der Waals surface area contributed by atoms with Crippen molar-refractivity contribution in [3.8, 4) is 0 Å². The van der Waals surface area contributed by atoms with E-state index in [9.17, 15) is 14.4 Å². The van der Waals surface area contributed by atoms with E-state index in [2.05, 4.69) is 10.2 Å². The Morgan fingerprint density at radius 1 is 1.24 bits per heavy atom. The number of pyridine rings is 1. The average molecular weight is 398 g/mol. The fraction of sp³-hybridized carbons (Fsp3) is 0.550. The molecule has 9 nitrogen and oxygen atoms in total. The summed E-state index contributed by atoms with van der Waals surface area (Å²) in [6.07, 6.45) is 4.25. The van der Waals surface area contributed by atoms with E-state index in [1.807, 2.05) is 20.8 Å². The van der Waals surface area contributed by atoms with E-state index in [-0.39, 0.29) is 23.8 Å². The van der Waals surface area contributed by atoms with Crippen molar-refractivity contribution in [2.24, 2.45) is 5.92 Å². The van der Waals surface area contributed by atoms with Crippen LogP contribution in [0.2, 0.25) is 0 Å². The molecule has 4 amide bonds. The Kier molecular flexibility index (Phi) is 4.76. The number of likely N-dealkylation sites (N-methyl/N-ethyl adjacent to an activating group) is 1. The number of carbonyl (C=O) groups excluding carboxylic acids is 3. The fourth-order valence-corrected chi connectivity index (χ4v) is 4.43. The molecule has 2 aliphatic heterocycles. The summed E-state index contributed by atoms with van der Waals surface area (Å²) in [5.74, 6) is 0.000854. The van der Waals surface area contributed by atoms with Crippen molar-refractivity contribution < 1.29 is 14.4 Å². The summed E-state index contributed by atoms with van der Waals surface area (Å²) in [6.45, 7) is 7.63. The summed E-state index contributed by atoms with van der Waals surface area (Å²) in [7, 11) is 0. The number of imide groups is 1. The Morgan fingerprint density at radius 3 is 2.62 bits per heavy atom. The first-order valence-corrected chi connectivity index (χ1v) is 10.1. The number of carbonyl (C=O) groups is 3. The highest BCUT2D eigenvalue weighted by Gasteiger charge is 2.57. The van der Waals surface area contributed by atoms with Gasteiger partial charge in [-0.05, 0) is 37.8 Å². The number of aromatic nitrogens is 3. The lowest BCUT2D eigenvalue weighted by atomic mass is 9.85. The molecule has 0 radical (unpaired) electrons. The highest BCUT2D eigenvalue weighted by atomic mass is 16.2. The first-order chi connectivity index (χ1) is 13.9. The fourth-order valence-electron chi connectivity index (χ4n) is 4.43. The molecule has 2 aromatic heterocycles. The molecule has 154 valence electrons. The molecule has 4 heterocycles. The molecule has 1 spiro atoms. The second kappa shape index (κ2) is 7.13. The van der Waals surface area contributed by atoms with Gasteiger partial charge >= 0.3 is 6.03 Å². The van der Waals surface area contributed by atoms with Crippen molar-refractivity contribution in [2.45, 2.75) is 39.2 Å². The van der Waals surface area contributed by atoms with E-state index < -0.39 is 5.54 Å². The number of amides is 4. The molecule has 29 heavy (non-hydrogen) atoms. The van der Waals surface area contributed by atoms with E-state index in [0.29, 0.717) is 50.2 Å². The maximum Gasteiger partial charge on any atom is 0.327 e. The summed E-state index contributed by atoms with van der Waals surface area (Å²) >= 11 is 0. The summed E-state index contributed by atoms with van der Waals surface area (Å²) in [5, 5.41) is 7.91. The molecule has 0 saturated carbocycles. The second-order valence-electron chi connectivity index (χ2n) is 8.14. The molecule has 0 aliphatic carbocycles. The Labute approximate surface area is 169 Å². The smallest absolute Gasteiger partial charge is 0.327 e. The Bertz CT molecular complexity index is 960. The van der Waals surface area contributed by atoms with Gasteiger partial charge in [0.25, 0.3) is 11.8 Å². The zero-order valence-electron chi connectivity index (χ0n) is 17.0. The third-order valence-corrected chi connectivity index (χ3v) is 5.92. The lowest BCUT2D eigenvalue weighted by Gasteiger charge is -2.42. The molecule has 0 bridgehead atoms. The van der Waals surface area contributed by atoms with Crippen LogP contribution < -0.4 is 0 Å².